The van der Waals surface area contributed by atoms with E-state index in [1.54, 1.807) is 0 Å². The fourth-order valence-electron chi connectivity index (χ4n) is 2.28. The lowest BCUT2D eigenvalue weighted by molar-refractivity contribution is 0.287. The molecule has 0 bridgehead atoms. The standard InChI is InChI=1S/C11H23N3S/c1-2-11(10-12-3-1)13-4-5-14-6-8-15-9-7-14/h11-13H,1-10H2. The molecule has 88 valence electrons. The van der Waals surface area contributed by atoms with Crippen LogP contribution in [0.25, 0.3) is 0 Å². The van der Waals surface area contributed by atoms with Gasteiger partial charge in [0.25, 0.3) is 0 Å². The Bertz CT molecular complexity index is 147. The lowest BCUT2D eigenvalue weighted by Crippen LogP contribution is -2.46. The summed E-state index contributed by atoms with van der Waals surface area (Å²) in [4.78, 5) is 2.58. The molecule has 0 aromatic rings. The lowest BCUT2D eigenvalue weighted by Gasteiger charge is -2.28. The Morgan fingerprint density at radius 3 is 2.93 bits per heavy atom. The van der Waals surface area contributed by atoms with Crippen LogP contribution in [-0.2, 0) is 0 Å². The van der Waals surface area contributed by atoms with Crippen LogP contribution in [0.1, 0.15) is 12.8 Å². The van der Waals surface area contributed by atoms with Crippen LogP contribution in [-0.4, -0.2) is 61.7 Å². The summed E-state index contributed by atoms with van der Waals surface area (Å²) in [6, 6.07) is 0.720. The molecule has 2 saturated heterocycles. The van der Waals surface area contributed by atoms with Gasteiger partial charge in [0.1, 0.15) is 0 Å². The van der Waals surface area contributed by atoms with E-state index >= 15 is 0 Å². The third kappa shape index (κ3) is 4.31. The maximum Gasteiger partial charge on any atom is 0.0193 e. The number of piperidine rings is 1. The predicted octanol–water partition coefficient (Wildman–Crippen LogP) is 0.377. The molecule has 0 aromatic carbocycles. The van der Waals surface area contributed by atoms with Crippen LogP contribution in [0, 0.1) is 0 Å². The molecule has 2 aliphatic rings. The van der Waals surface area contributed by atoms with Gasteiger partial charge >= 0.3 is 0 Å². The molecule has 3 nitrogen and oxygen atoms in total. The summed E-state index contributed by atoms with van der Waals surface area (Å²) in [5.41, 5.74) is 0. The van der Waals surface area contributed by atoms with Crippen molar-refractivity contribution in [2.75, 3.05) is 50.8 Å². The maximum atomic E-state index is 3.66. The van der Waals surface area contributed by atoms with E-state index in [2.05, 4.69) is 27.3 Å². The summed E-state index contributed by atoms with van der Waals surface area (Å²) in [7, 11) is 0. The van der Waals surface area contributed by atoms with Gasteiger partial charge < -0.3 is 15.5 Å². The van der Waals surface area contributed by atoms with Gasteiger partial charge in [-0.2, -0.15) is 11.8 Å². The molecule has 0 spiro atoms. The van der Waals surface area contributed by atoms with E-state index in [-0.39, 0.29) is 0 Å². The highest BCUT2D eigenvalue weighted by Gasteiger charge is 2.13. The van der Waals surface area contributed by atoms with Gasteiger partial charge in [-0.05, 0) is 19.4 Å². The lowest BCUT2D eigenvalue weighted by atomic mass is 10.1. The van der Waals surface area contributed by atoms with Crippen molar-refractivity contribution in [1.82, 2.24) is 15.5 Å². The molecule has 4 heteroatoms. The van der Waals surface area contributed by atoms with Crippen LogP contribution >= 0.6 is 11.8 Å². The SMILES string of the molecule is C1CNCC(NCCN2CCSCC2)C1. The van der Waals surface area contributed by atoms with Crippen LogP contribution in [0.5, 0.6) is 0 Å². The summed E-state index contributed by atoms with van der Waals surface area (Å²) >= 11 is 2.09. The van der Waals surface area contributed by atoms with Gasteiger partial charge in [0.2, 0.25) is 0 Å². The molecule has 15 heavy (non-hydrogen) atoms. The first-order valence-corrected chi connectivity index (χ1v) is 7.35. The van der Waals surface area contributed by atoms with Gasteiger partial charge in [-0.25, -0.2) is 0 Å². The summed E-state index contributed by atoms with van der Waals surface area (Å²) in [5, 5.41) is 7.10. The first-order valence-electron chi connectivity index (χ1n) is 6.19. The molecular weight excluding hydrogens is 206 g/mol. The minimum absolute atomic E-state index is 0.720. The number of hydrogen-bond acceptors (Lipinski definition) is 4. The Balaban J connectivity index is 1.53. The molecule has 0 aromatic heterocycles. The molecule has 0 aliphatic carbocycles. The minimum atomic E-state index is 0.720. The second kappa shape index (κ2) is 6.74. The van der Waals surface area contributed by atoms with E-state index in [0.29, 0.717) is 0 Å². The highest BCUT2D eigenvalue weighted by Crippen LogP contribution is 2.08. The molecular formula is C11H23N3S. The zero-order chi connectivity index (χ0) is 10.3. The Labute approximate surface area is 97.4 Å². The average Bonchev–Trinajstić information content (AvgIpc) is 2.32. The Kier molecular flexibility index (Phi) is 5.26. The molecule has 0 saturated carbocycles. The first-order chi connectivity index (χ1) is 7.45. The van der Waals surface area contributed by atoms with Crippen molar-refractivity contribution >= 4 is 11.8 Å². The molecule has 0 amide bonds. The van der Waals surface area contributed by atoms with Crippen molar-refractivity contribution in [3.05, 3.63) is 0 Å². The van der Waals surface area contributed by atoms with Crippen LogP contribution in [0.2, 0.25) is 0 Å². The second-order valence-corrected chi connectivity index (χ2v) is 5.68. The molecule has 2 aliphatic heterocycles. The Hall–Kier alpha value is 0.230. The van der Waals surface area contributed by atoms with Crippen LogP contribution in [0.4, 0.5) is 0 Å². The van der Waals surface area contributed by atoms with E-state index in [4.69, 9.17) is 0 Å². The first kappa shape index (κ1) is 11.7. The Morgan fingerprint density at radius 2 is 2.20 bits per heavy atom. The summed E-state index contributed by atoms with van der Waals surface area (Å²) < 4.78 is 0. The van der Waals surface area contributed by atoms with Gasteiger partial charge in [-0.15, -0.1) is 0 Å². The number of hydrogen-bond donors (Lipinski definition) is 2. The van der Waals surface area contributed by atoms with Crippen molar-refractivity contribution in [2.24, 2.45) is 0 Å². The van der Waals surface area contributed by atoms with Crippen LogP contribution in [0.15, 0.2) is 0 Å². The van der Waals surface area contributed by atoms with E-state index in [1.807, 2.05) is 0 Å². The largest absolute Gasteiger partial charge is 0.315 e. The maximum absolute atomic E-state index is 3.66. The minimum Gasteiger partial charge on any atom is -0.315 e. The molecule has 1 unspecified atom stereocenters. The summed E-state index contributed by atoms with van der Waals surface area (Å²) in [5.74, 6) is 2.65. The van der Waals surface area contributed by atoms with Crippen molar-refractivity contribution < 1.29 is 0 Å². The number of nitrogens with zero attached hydrogens (tertiary/aromatic N) is 1. The second-order valence-electron chi connectivity index (χ2n) is 4.45. The monoisotopic (exact) mass is 229 g/mol. The third-order valence-corrected chi connectivity index (χ3v) is 4.20. The molecule has 2 heterocycles. The quantitative estimate of drug-likeness (QED) is 0.729. The summed E-state index contributed by atoms with van der Waals surface area (Å²) in [6.07, 6.45) is 2.68. The van der Waals surface area contributed by atoms with E-state index in [9.17, 15) is 0 Å². The molecule has 2 rings (SSSR count). The topological polar surface area (TPSA) is 27.3 Å². The predicted molar refractivity (Wildman–Crippen MR) is 67.7 cm³/mol. The van der Waals surface area contributed by atoms with Gasteiger partial charge in [0.15, 0.2) is 0 Å². The van der Waals surface area contributed by atoms with Crippen LogP contribution in [0.3, 0.4) is 0 Å². The smallest absolute Gasteiger partial charge is 0.0193 e. The normalized spacial score (nSPS) is 29.2. The number of rotatable bonds is 4. The Morgan fingerprint density at radius 1 is 1.33 bits per heavy atom. The molecule has 2 fully saturated rings. The van der Waals surface area contributed by atoms with Crippen molar-refractivity contribution in [2.45, 2.75) is 18.9 Å². The van der Waals surface area contributed by atoms with Gasteiger partial charge in [-0.1, -0.05) is 0 Å². The molecule has 1 atom stereocenters. The van der Waals surface area contributed by atoms with Gasteiger partial charge in [0, 0.05) is 50.3 Å². The molecule has 0 radical (unpaired) electrons. The van der Waals surface area contributed by atoms with Gasteiger partial charge in [-0.3, -0.25) is 0 Å². The highest BCUT2D eigenvalue weighted by molar-refractivity contribution is 7.99. The number of thioether (sulfide) groups is 1. The number of nitrogens with one attached hydrogen (secondary N) is 2. The van der Waals surface area contributed by atoms with Crippen molar-refractivity contribution in [1.29, 1.82) is 0 Å². The zero-order valence-electron chi connectivity index (χ0n) is 9.50. The van der Waals surface area contributed by atoms with E-state index in [1.165, 1.54) is 50.5 Å². The average molecular weight is 229 g/mol. The third-order valence-electron chi connectivity index (χ3n) is 3.26. The zero-order valence-corrected chi connectivity index (χ0v) is 10.3. The van der Waals surface area contributed by atoms with Gasteiger partial charge in [0.05, 0.1) is 0 Å². The molecule has 2 N–H and O–H groups in total. The van der Waals surface area contributed by atoms with Crippen LogP contribution < -0.4 is 10.6 Å². The van der Waals surface area contributed by atoms with Crippen molar-refractivity contribution in [3.8, 4) is 0 Å². The van der Waals surface area contributed by atoms with E-state index < -0.39 is 0 Å². The fraction of sp³-hybridized carbons (Fsp3) is 1.00. The summed E-state index contributed by atoms with van der Waals surface area (Å²) in [6.45, 7) is 7.34. The highest BCUT2D eigenvalue weighted by atomic mass is 32.2. The van der Waals surface area contributed by atoms with E-state index in [0.717, 1.165) is 19.1 Å². The van der Waals surface area contributed by atoms with Crippen molar-refractivity contribution in [3.63, 3.8) is 0 Å². The fourth-order valence-corrected chi connectivity index (χ4v) is 3.26.